The zero-order valence-corrected chi connectivity index (χ0v) is 10.5. The van der Waals surface area contributed by atoms with E-state index in [0.29, 0.717) is 15.9 Å². The summed E-state index contributed by atoms with van der Waals surface area (Å²) in [6.07, 6.45) is 6.22. The lowest BCUT2D eigenvalue weighted by Crippen LogP contribution is -2.04. The fourth-order valence-electron chi connectivity index (χ4n) is 2.65. The molecule has 4 rings (SSSR count). The van der Waals surface area contributed by atoms with Gasteiger partial charge in [-0.05, 0) is 37.3 Å². The highest BCUT2D eigenvalue weighted by atomic mass is 32.1. The molecule has 0 atom stereocenters. The van der Waals surface area contributed by atoms with Crippen molar-refractivity contribution in [1.82, 2.24) is 15.0 Å². The van der Waals surface area contributed by atoms with Gasteiger partial charge in [-0.1, -0.05) is 12.2 Å². The predicted molar refractivity (Wildman–Crippen MR) is 71.1 cm³/mol. The molecule has 0 fully saturated rings. The Hall–Kier alpha value is -1.75. The Morgan fingerprint density at radius 2 is 2.17 bits per heavy atom. The summed E-state index contributed by atoms with van der Waals surface area (Å²) in [7, 11) is 0. The van der Waals surface area contributed by atoms with E-state index in [1.54, 1.807) is 6.33 Å². The molecule has 4 nitrogen and oxygen atoms in total. The van der Waals surface area contributed by atoms with Gasteiger partial charge < -0.3 is 9.40 Å². The number of H-pyrrole nitrogens is 1. The van der Waals surface area contributed by atoms with Crippen LogP contribution in [0.2, 0.25) is 0 Å². The second-order valence-electron chi connectivity index (χ2n) is 4.67. The third-order valence-corrected chi connectivity index (χ3v) is 3.84. The topological polar surface area (TPSA) is 54.7 Å². The van der Waals surface area contributed by atoms with Gasteiger partial charge >= 0.3 is 0 Å². The molecule has 3 heterocycles. The lowest BCUT2D eigenvalue weighted by Gasteiger charge is -2.13. The highest BCUT2D eigenvalue weighted by Gasteiger charge is 2.16. The fraction of sp³-hybridized carbons (Fsp3) is 0.308. The summed E-state index contributed by atoms with van der Waals surface area (Å²) >= 11 is 5.18. The summed E-state index contributed by atoms with van der Waals surface area (Å²) in [6.45, 7) is 0. The molecule has 1 N–H and O–H groups in total. The van der Waals surface area contributed by atoms with Gasteiger partial charge in [0.2, 0.25) is 5.71 Å². The zero-order valence-electron chi connectivity index (χ0n) is 9.69. The molecule has 0 saturated heterocycles. The van der Waals surface area contributed by atoms with Crippen molar-refractivity contribution in [2.75, 3.05) is 0 Å². The van der Waals surface area contributed by atoms with Crippen LogP contribution in [0.5, 0.6) is 0 Å². The number of pyridine rings is 1. The molecule has 0 amide bonds. The molecule has 18 heavy (non-hydrogen) atoms. The van der Waals surface area contributed by atoms with E-state index < -0.39 is 0 Å². The summed E-state index contributed by atoms with van der Waals surface area (Å²) in [5.74, 6) is 0. The predicted octanol–water partition coefficient (Wildman–Crippen LogP) is 3.31. The number of nitrogens with one attached hydrogen (secondary N) is 1. The van der Waals surface area contributed by atoms with Crippen molar-refractivity contribution < 1.29 is 4.42 Å². The average molecular weight is 257 g/mol. The molecule has 3 aromatic rings. The van der Waals surface area contributed by atoms with Gasteiger partial charge in [-0.2, -0.15) is 0 Å². The molecular weight excluding hydrogens is 246 g/mol. The van der Waals surface area contributed by atoms with E-state index in [1.165, 1.54) is 24.1 Å². The van der Waals surface area contributed by atoms with Crippen molar-refractivity contribution in [3.63, 3.8) is 0 Å². The van der Waals surface area contributed by atoms with Crippen molar-refractivity contribution in [3.8, 4) is 0 Å². The first-order chi connectivity index (χ1) is 8.83. The number of rotatable bonds is 0. The molecule has 1 aliphatic carbocycles. The lowest BCUT2D eigenvalue weighted by molar-refractivity contribution is 0.630. The number of nitrogens with zero attached hydrogens (tertiary/aromatic N) is 2. The van der Waals surface area contributed by atoms with Crippen LogP contribution in [-0.4, -0.2) is 15.0 Å². The normalized spacial score (nSPS) is 15.1. The molecule has 90 valence electrons. The first kappa shape index (κ1) is 10.2. The van der Waals surface area contributed by atoms with E-state index in [9.17, 15) is 0 Å². The standard InChI is InChI=1S/C13H11N3OS/c18-13-11-10(14-6-15-13)8-5-7-3-1-2-4-9(7)16-12(8)17-11/h5-6H,1-4H2,(H,14,15,18). The molecule has 5 heteroatoms. The maximum Gasteiger partial charge on any atom is 0.229 e. The fourth-order valence-corrected chi connectivity index (χ4v) is 2.85. The summed E-state index contributed by atoms with van der Waals surface area (Å²) in [5, 5.41) is 1.01. The molecule has 3 aromatic heterocycles. The Balaban J connectivity index is 2.16. The van der Waals surface area contributed by atoms with Crippen LogP contribution in [0.25, 0.3) is 22.2 Å². The van der Waals surface area contributed by atoms with Gasteiger partial charge in [0.25, 0.3) is 0 Å². The summed E-state index contributed by atoms with van der Waals surface area (Å²) in [5.41, 5.74) is 4.73. The summed E-state index contributed by atoms with van der Waals surface area (Å²) < 4.78 is 6.23. The van der Waals surface area contributed by atoms with Gasteiger partial charge in [0.05, 0.1) is 17.2 Å². The number of aryl methyl sites for hydroxylation is 2. The second-order valence-corrected chi connectivity index (χ2v) is 5.05. The van der Waals surface area contributed by atoms with Crippen molar-refractivity contribution in [2.24, 2.45) is 0 Å². The van der Waals surface area contributed by atoms with E-state index in [4.69, 9.17) is 16.6 Å². The molecule has 0 radical (unpaired) electrons. The van der Waals surface area contributed by atoms with Crippen molar-refractivity contribution in [3.05, 3.63) is 28.3 Å². The van der Waals surface area contributed by atoms with Gasteiger partial charge in [-0.3, -0.25) is 0 Å². The van der Waals surface area contributed by atoms with Crippen LogP contribution in [0.15, 0.2) is 16.8 Å². The Morgan fingerprint density at radius 3 is 3.11 bits per heavy atom. The third-order valence-electron chi connectivity index (χ3n) is 3.55. The molecule has 0 spiro atoms. The third kappa shape index (κ3) is 1.34. The largest absolute Gasteiger partial charge is 0.433 e. The highest BCUT2D eigenvalue weighted by Crippen LogP contribution is 2.30. The minimum Gasteiger partial charge on any atom is -0.433 e. The molecule has 0 aliphatic heterocycles. The maximum atomic E-state index is 5.74. The van der Waals surface area contributed by atoms with E-state index in [-0.39, 0.29) is 0 Å². The molecule has 0 aromatic carbocycles. The number of furan rings is 1. The number of hydrogen-bond acceptors (Lipinski definition) is 4. The van der Waals surface area contributed by atoms with Gasteiger partial charge in [0.1, 0.15) is 0 Å². The first-order valence-electron chi connectivity index (χ1n) is 6.11. The van der Waals surface area contributed by atoms with E-state index in [2.05, 4.69) is 21.0 Å². The van der Waals surface area contributed by atoms with Gasteiger partial charge in [-0.15, -0.1) is 0 Å². The molecule has 0 unspecified atom stereocenters. The first-order valence-corrected chi connectivity index (χ1v) is 6.52. The summed E-state index contributed by atoms with van der Waals surface area (Å²) in [4.78, 5) is 11.8. The van der Waals surface area contributed by atoms with Crippen molar-refractivity contribution in [2.45, 2.75) is 25.7 Å². The zero-order chi connectivity index (χ0) is 12.1. The average Bonchev–Trinajstić information content (AvgIpc) is 2.76. The number of aromatic nitrogens is 3. The molecular formula is C13H11N3OS. The van der Waals surface area contributed by atoms with Crippen LogP contribution in [-0.2, 0) is 12.8 Å². The van der Waals surface area contributed by atoms with Crippen LogP contribution in [0, 0.1) is 4.64 Å². The highest BCUT2D eigenvalue weighted by molar-refractivity contribution is 7.71. The number of aromatic amines is 1. The number of fused-ring (bicyclic) bond motifs is 4. The Morgan fingerprint density at radius 1 is 1.28 bits per heavy atom. The van der Waals surface area contributed by atoms with Crippen LogP contribution in [0.3, 0.4) is 0 Å². The summed E-state index contributed by atoms with van der Waals surface area (Å²) in [6, 6.07) is 2.19. The Kier molecular flexibility index (Phi) is 2.05. The van der Waals surface area contributed by atoms with Gasteiger partial charge in [0, 0.05) is 5.69 Å². The van der Waals surface area contributed by atoms with Crippen molar-refractivity contribution >= 4 is 34.4 Å². The smallest absolute Gasteiger partial charge is 0.229 e. The Labute approximate surface area is 108 Å². The van der Waals surface area contributed by atoms with E-state index >= 15 is 0 Å². The monoisotopic (exact) mass is 257 g/mol. The molecule has 0 bridgehead atoms. The van der Waals surface area contributed by atoms with E-state index in [0.717, 1.165) is 23.7 Å². The van der Waals surface area contributed by atoms with E-state index in [1.807, 2.05) is 0 Å². The van der Waals surface area contributed by atoms with Crippen LogP contribution in [0.4, 0.5) is 0 Å². The van der Waals surface area contributed by atoms with Crippen LogP contribution >= 0.6 is 12.2 Å². The van der Waals surface area contributed by atoms with Crippen LogP contribution in [0.1, 0.15) is 24.1 Å². The van der Waals surface area contributed by atoms with Crippen LogP contribution < -0.4 is 0 Å². The quantitative estimate of drug-likeness (QED) is 0.628. The Bertz CT molecular complexity index is 818. The van der Waals surface area contributed by atoms with Gasteiger partial charge in [-0.25, -0.2) is 9.97 Å². The molecule has 1 aliphatic rings. The SMILES string of the molecule is S=c1nc[nH]c2c1oc1nc3c(cc12)CCCC3. The molecule has 0 saturated carbocycles. The lowest BCUT2D eigenvalue weighted by atomic mass is 9.95. The van der Waals surface area contributed by atoms with Crippen molar-refractivity contribution in [1.29, 1.82) is 0 Å². The second kappa shape index (κ2) is 3.62. The number of hydrogen-bond donors (Lipinski definition) is 1. The van der Waals surface area contributed by atoms with Gasteiger partial charge in [0.15, 0.2) is 10.2 Å². The maximum absolute atomic E-state index is 5.74. The minimum absolute atomic E-state index is 0.486. The minimum atomic E-state index is 0.486.